The number of sulfonamides is 1. The van der Waals surface area contributed by atoms with Gasteiger partial charge in [-0.3, -0.25) is 4.72 Å². The molecule has 0 aromatic heterocycles. The molecule has 0 bridgehead atoms. The van der Waals surface area contributed by atoms with E-state index < -0.39 is 21.5 Å². The number of rotatable bonds is 3. The molecule has 1 aromatic carbocycles. The number of phenolic OH excluding ortho intramolecular Hbond substituents is 1. The highest BCUT2D eigenvalue weighted by Gasteiger charge is 2.24. The van der Waals surface area contributed by atoms with Crippen LogP contribution < -0.4 is 4.72 Å². The van der Waals surface area contributed by atoms with Crippen LogP contribution in [-0.2, 0) is 10.0 Å². The van der Waals surface area contributed by atoms with Gasteiger partial charge in [0, 0.05) is 0 Å². The van der Waals surface area contributed by atoms with E-state index in [1.165, 1.54) is 0 Å². The van der Waals surface area contributed by atoms with Crippen LogP contribution in [0.15, 0.2) is 12.1 Å². The molecule has 4 nitrogen and oxygen atoms in total. The maximum absolute atomic E-state index is 12.0. The summed E-state index contributed by atoms with van der Waals surface area (Å²) in [6.07, 6.45) is 0. The molecular formula is C7H5Cl2F2NO3S. The largest absolute Gasteiger partial charge is 0.505 e. The second kappa shape index (κ2) is 4.60. The number of aromatic hydroxyl groups is 1. The van der Waals surface area contributed by atoms with E-state index in [4.69, 9.17) is 28.3 Å². The maximum atomic E-state index is 12.0. The van der Waals surface area contributed by atoms with Gasteiger partial charge in [0.2, 0.25) is 0 Å². The van der Waals surface area contributed by atoms with E-state index in [9.17, 15) is 17.2 Å². The lowest BCUT2D eigenvalue weighted by Crippen LogP contribution is -2.20. The highest BCUT2D eigenvalue weighted by molar-refractivity contribution is 7.93. The average molecular weight is 292 g/mol. The Balaban J connectivity index is 3.09. The van der Waals surface area contributed by atoms with E-state index in [1.807, 2.05) is 0 Å². The van der Waals surface area contributed by atoms with Gasteiger partial charge in [0.15, 0.2) is 5.75 Å². The Morgan fingerprint density at radius 1 is 1.25 bits per heavy atom. The van der Waals surface area contributed by atoms with Crippen molar-refractivity contribution >= 4 is 38.9 Å². The van der Waals surface area contributed by atoms with Crippen molar-refractivity contribution in [1.29, 1.82) is 0 Å². The number of anilines is 1. The molecule has 2 N–H and O–H groups in total. The molecule has 0 saturated heterocycles. The molecule has 90 valence electrons. The lowest BCUT2D eigenvalue weighted by Gasteiger charge is -2.08. The first-order chi connectivity index (χ1) is 7.24. The monoisotopic (exact) mass is 291 g/mol. The van der Waals surface area contributed by atoms with Crippen LogP contribution >= 0.6 is 23.2 Å². The Bertz CT molecular complexity index is 483. The van der Waals surface area contributed by atoms with Crippen molar-refractivity contribution < 1.29 is 22.3 Å². The second-order valence-corrected chi connectivity index (χ2v) is 5.16. The number of hydrogen-bond acceptors (Lipinski definition) is 3. The van der Waals surface area contributed by atoms with E-state index in [0.717, 1.165) is 12.1 Å². The molecule has 0 amide bonds. The highest BCUT2D eigenvalue weighted by Crippen LogP contribution is 2.35. The Morgan fingerprint density at radius 2 is 1.69 bits per heavy atom. The fraction of sp³-hybridized carbons (Fsp3) is 0.143. The van der Waals surface area contributed by atoms with Crippen molar-refractivity contribution in [2.75, 3.05) is 4.72 Å². The molecule has 9 heteroatoms. The molecule has 0 fully saturated rings. The van der Waals surface area contributed by atoms with Gasteiger partial charge in [-0.05, 0) is 12.1 Å². The number of hydrogen-bond donors (Lipinski definition) is 2. The van der Waals surface area contributed by atoms with Crippen molar-refractivity contribution in [3.8, 4) is 5.75 Å². The van der Waals surface area contributed by atoms with E-state index in [2.05, 4.69) is 0 Å². The summed E-state index contributed by atoms with van der Waals surface area (Å²) in [5.41, 5.74) is -0.256. The molecule has 0 aliphatic rings. The lowest BCUT2D eigenvalue weighted by molar-refractivity contribution is 0.236. The smallest absolute Gasteiger partial charge is 0.355 e. The predicted octanol–water partition coefficient (Wildman–Crippen LogP) is 2.66. The van der Waals surface area contributed by atoms with Gasteiger partial charge in [-0.1, -0.05) is 23.2 Å². The number of alkyl halides is 2. The van der Waals surface area contributed by atoms with Gasteiger partial charge in [0.25, 0.3) is 10.0 Å². The molecule has 0 unspecified atom stereocenters. The van der Waals surface area contributed by atoms with Crippen molar-refractivity contribution in [1.82, 2.24) is 0 Å². The number of nitrogens with one attached hydrogen (secondary N) is 1. The van der Waals surface area contributed by atoms with E-state index >= 15 is 0 Å². The normalized spacial score (nSPS) is 11.8. The van der Waals surface area contributed by atoms with Gasteiger partial charge in [0.05, 0.1) is 15.7 Å². The van der Waals surface area contributed by atoms with E-state index in [0.29, 0.717) is 0 Å². The summed E-state index contributed by atoms with van der Waals surface area (Å²) in [5, 5.41) is 8.65. The molecule has 1 rings (SSSR count). The second-order valence-electron chi connectivity index (χ2n) is 2.70. The average Bonchev–Trinajstić information content (AvgIpc) is 2.13. The Kier molecular flexibility index (Phi) is 3.82. The molecule has 16 heavy (non-hydrogen) atoms. The Morgan fingerprint density at radius 3 is 2.06 bits per heavy atom. The van der Waals surface area contributed by atoms with Crippen LogP contribution in [0, 0.1) is 0 Å². The summed E-state index contributed by atoms with van der Waals surface area (Å²) in [4.78, 5) is 0. The number of phenols is 1. The van der Waals surface area contributed by atoms with Crippen molar-refractivity contribution in [3.63, 3.8) is 0 Å². The van der Waals surface area contributed by atoms with Gasteiger partial charge in [-0.2, -0.15) is 8.78 Å². The minimum Gasteiger partial charge on any atom is -0.505 e. The predicted molar refractivity (Wildman–Crippen MR) is 56.7 cm³/mol. The third-order valence-electron chi connectivity index (χ3n) is 1.51. The van der Waals surface area contributed by atoms with E-state index in [-0.39, 0.29) is 15.7 Å². The molecule has 0 atom stereocenters. The summed E-state index contributed by atoms with van der Waals surface area (Å²) >= 11 is 10.9. The van der Waals surface area contributed by atoms with Crippen molar-refractivity contribution in [2.24, 2.45) is 0 Å². The summed E-state index contributed by atoms with van der Waals surface area (Å²) in [6.45, 7) is 0. The van der Waals surface area contributed by atoms with Gasteiger partial charge >= 0.3 is 5.76 Å². The quantitative estimate of drug-likeness (QED) is 0.842. The fourth-order valence-corrected chi connectivity index (χ4v) is 1.86. The molecule has 0 aliphatic heterocycles. The number of halogens is 4. The SMILES string of the molecule is O=S(=O)(Nc1cc(Cl)c(O)c(Cl)c1)C(F)F. The fourth-order valence-electron chi connectivity index (χ4n) is 0.833. The Labute approximate surface area is 99.8 Å². The zero-order chi connectivity index (χ0) is 12.5. The third kappa shape index (κ3) is 2.87. The van der Waals surface area contributed by atoms with Gasteiger partial charge in [-0.15, -0.1) is 0 Å². The first-order valence-electron chi connectivity index (χ1n) is 3.72. The van der Waals surface area contributed by atoms with E-state index in [1.54, 1.807) is 4.72 Å². The molecule has 0 spiro atoms. The van der Waals surface area contributed by atoms with Crippen LogP contribution in [-0.4, -0.2) is 19.3 Å². The molecule has 0 saturated carbocycles. The molecule has 0 aliphatic carbocycles. The topological polar surface area (TPSA) is 66.4 Å². The minimum atomic E-state index is -4.78. The van der Waals surface area contributed by atoms with Crippen molar-refractivity contribution in [3.05, 3.63) is 22.2 Å². The van der Waals surface area contributed by atoms with Crippen molar-refractivity contribution in [2.45, 2.75) is 5.76 Å². The van der Waals surface area contributed by atoms with Crippen LogP contribution in [0.2, 0.25) is 10.0 Å². The molecular weight excluding hydrogens is 287 g/mol. The van der Waals surface area contributed by atoms with Crippen LogP contribution in [0.1, 0.15) is 0 Å². The lowest BCUT2D eigenvalue weighted by atomic mass is 10.3. The Hall–Kier alpha value is -0.790. The molecule has 1 aromatic rings. The standard InChI is InChI=1S/C7H5Cl2F2NO3S/c8-4-1-3(2-5(9)6(4)13)12-16(14,15)7(10)11/h1-2,7,12-13H. The van der Waals surface area contributed by atoms with Crippen LogP contribution in [0.3, 0.4) is 0 Å². The van der Waals surface area contributed by atoms with Gasteiger partial charge in [0.1, 0.15) is 0 Å². The summed E-state index contributed by atoms with van der Waals surface area (Å²) in [7, 11) is -4.78. The highest BCUT2D eigenvalue weighted by atomic mass is 35.5. The van der Waals surface area contributed by atoms with Crippen LogP contribution in [0.25, 0.3) is 0 Å². The minimum absolute atomic E-state index is 0.250. The number of benzene rings is 1. The van der Waals surface area contributed by atoms with Crippen LogP contribution in [0.4, 0.5) is 14.5 Å². The summed E-state index contributed by atoms with van der Waals surface area (Å²) in [5.74, 6) is -4.03. The first kappa shape index (κ1) is 13.3. The maximum Gasteiger partial charge on any atom is 0.355 e. The zero-order valence-electron chi connectivity index (χ0n) is 7.42. The summed E-state index contributed by atoms with van der Waals surface area (Å²) in [6, 6.07) is 1.92. The van der Waals surface area contributed by atoms with Gasteiger partial charge < -0.3 is 5.11 Å². The molecule has 0 radical (unpaired) electrons. The van der Waals surface area contributed by atoms with Crippen LogP contribution in [0.5, 0.6) is 5.75 Å². The zero-order valence-corrected chi connectivity index (χ0v) is 9.74. The first-order valence-corrected chi connectivity index (χ1v) is 6.02. The summed E-state index contributed by atoms with van der Waals surface area (Å²) < 4.78 is 47.2. The molecule has 0 heterocycles. The third-order valence-corrected chi connectivity index (χ3v) is 3.08. The van der Waals surface area contributed by atoms with Gasteiger partial charge in [-0.25, -0.2) is 8.42 Å².